The summed E-state index contributed by atoms with van der Waals surface area (Å²) in [6, 6.07) is 0.445. The maximum absolute atomic E-state index is 14.4. The van der Waals surface area contributed by atoms with Crippen LogP contribution in [0.15, 0.2) is 39.5 Å². The van der Waals surface area contributed by atoms with Gasteiger partial charge in [0, 0.05) is 48.1 Å². The lowest BCUT2D eigenvalue weighted by molar-refractivity contribution is -0.299. The second kappa shape index (κ2) is 23.3. The number of nitrogens with zero attached hydrogens (tertiary/aromatic N) is 9. The molecule has 6 aromatic rings. The maximum atomic E-state index is 14.4. The number of benzene rings is 1. The third-order valence-corrected chi connectivity index (χ3v) is 16.5. The smallest absolute Gasteiger partial charge is 0.417 e. The lowest BCUT2D eigenvalue weighted by Gasteiger charge is -2.34. The molecule has 35 heteroatoms. The summed E-state index contributed by atoms with van der Waals surface area (Å²) >= 11 is 1.07. The molecule has 8 rings (SSSR count). The SMILES string of the molecule is C[C@H]1CCCN1C(=O)c1nc(-c2noc(C(C)(C)O)n2)sc1-c1cnc(C(C)(C(F)(F)F)C(F)(F)F)cc1C(F)(F)F.C[C@H]1CCCN1C(=O)c1nc(-c2noc(CC(C)(C)OC=O)n2)sc1-c1ccc(C(C)(C(F)(F)F)C(F)(F)F)cc1C(F)F. The van der Waals surface area contributed by atoms with E-state index in [9.17, 15) is 94.1 Å². The number of amides is 2. The van der Waals surface area contributed by atoms with E-state index in [0.717, 1.165) is 0 Å². The minimum Gasteiger partial charge on any atom is -0.461 e. The van der Waals surface area contributed by atoms with Gasteiger partial charge in [0.2, 0.25) is 17.5 Å². The van der Waals surface area contributed by atoms with Gasteiger partial charge in [0.25, 0.3) is 30.6 Å². The van der Waals surface area contributed by atoms with Gasteiger partial charge in [-0.15, -0.1) is 22.7 Å². The van der Waals surface area contributed by atoms with Crippen LogP contribution >= 0.6 is 22.7 Å². The Hall–Kier alpha value is -6.91. The van der Waals surface area contributed by atoms with E-state index in [0.29, 0.717) is 67.0 Å². The zero-order chi connectivity index (χ0) is 64.5. The Morgan fingerprint density at radius 3 is 1.58 bits per heavy atom. The van der Waals surface area contributed by atoms with E-state index in [1.807, 2.05) is 0 Å². The molecule has 0 saturated carbocycles. The summed E-state index contributed by atoms with van der Waals surface area (Å²) in [5.74, 6) is -2.28. The molecular weight excluding hydrogens is 1240 g/mol. The molecule has 470 valence electrons. The Labute approximate surface area is 483 Å². The number of carbonyl (C=O) groups is 3. The summed E-state index contributed by atoms with van der Waals surface area (Å²) in [5, 5.41) is 17.2. The van der Waals surface area contributed by atoms with Crippen molar-refractivity contribution in [1.82, 2.24) is 45.0 Å². The molecule has 0 bridgehead atoms. The van der Waals surface area contributed by atoms with Crippen LogP contribution in [0.1, 0.15) is 143 Å². The average molecular weight is 1290 g/mol. The zero-order valence-electron chi connectivity index (χ0n) is 45.8. The van der Waals surface area contributed by atoms with Crippen LogP contribution in [0.2, 0.25) is 0 Å². The monoisotopic (exact) mass is 1290 g/mol. The predicted octanol–water partition coefficient (Wildman–Crippen LogP) is 13.8. The van der Waals surface area contributed by atoms with Crippen LogP contribution in [0.4, 0.5) is 74.6 Å². The number of rotatable bonds is 14. The van der Waals surface area contributed by atoms with Crippen LogP contribution in [0.3, 0.4) is 0 Å². The van der Waals surface area contributed by atoms with Crippen molar-refractivity contribution in [2.75, 3.05) is 13.1 Å². The molecule has 2 aliphatic heterocycles. The van der Waals surface area contributed by atoms with Crippen LogP contribution in [-0.4, -0.2) is 124 Å². The second-order valence-electron chi connectivity index (χ2n) is 21.5. The summed E-state index contributed by atoms with van der Waals surface area (Å²) in [6.45, 7) is 9.56. The van der Waals surface area contributed by atoms with Gasteiger partial charge in [-0.3, -0.25) is 19.4 Å². The van der Waals surface area contributed by atoms with Gasteiger partial charge >= 0.3 is 30.9 Å². The number of likely N-dealkylation sites (tertiary alicyclic amines) is 2. The first kappa shape index (κ1) is 66.6. The third-order valence-electron chi connectivity index (χ3n) is 14.4. The first-order chi connectivity index (χ1) is 39.4. The van der Waals surface area contributed by atoms with Crippen molar-refractivity contribution >= 4 is 41.0 Å². The lowest BCUT2D eigenvalue weighted by Crippen LogP contribution is -2.52. The number of hydrogen-bond donors (Lipinski definition) is 1. The first-order valence-corrected chi connectivity index (χ1v) is 26.9. The van der Waals surface area contributed by atoms with Crippen LogP contribution in [-0.2, 0) is 38.6 Å². The molecule has 2 atom stereocenters. The molecular formula is C51H48F17N9O7S2. The van der Waals surface area contributed by atoms with E-state index in [1.54, 1.807) is 27.7 Å². The average Bonchev–Trinajstić information content (AvgIpc) is 1.11. The number of alkyl halides is 17. The van der Waals surface area contributed by atoms with E-state index in [-0.39, 0.29) is 108 Å². The largest absolute Gasteiger partial charge is 0.461 e. The number of pyridine rings is 1. The Bertz CT molecular complexity index is 3440. The molecule has 0 aliphatic carbocycles. The van der Waals surface area contributed by atoms with Crippen molar-refractivity contribution in [3.05, 3.63) is 76.0 Å². The quantitative estimate of drug-likeness (QED) is 0.0796. The number of ether oxygens (including phenoxy) is 1. The molecule has 2 aliphatic rings. The van der Waals surface area contributed by atoms with Gasteiger partial charge in [-0.05, 0) is 98.8 Å². The summed E-state index contributed by atoms with van der Waals surface area (Å²) in [7, 11) is 0. The van der Waals surface area contributed by atoms with Gasteiger partial charge in [-0.25, -0.2) is 18.7 Å². The van der Waals surface area contributed by atoms with Crippen molar-refractivity contribution in [3.63, 3.8) is 0 Å². The number of thiazole rings is 2. The first-order valence-electron chi connectivity index (χ1n) is 25.3. The van der Waals surface area contributed by atoms with E-state index in [4.69, 9.17) is 13.8 Å². The number of carbonyl (C=O) groups excluding carboxylic acids is 3. The molecule has 0 unspecified atom stereocenters. The fourth-order valence-corrected chi connectivity index (χ4v) is 11.1. The highest BCUT2D eigenvalue weighted by molar-refractivity contribution is 7.19. The van der Waals surface area contributed by atoms with Gasteiger partial charge in [-0.2, -0.15) is 75.8 Å². The van der Waals surface area contributed by atoms with Gasteiger partial charge in [0.15, 0.2) is 20.8 Å². The maximum Gasteiger partial charge on any atom is 0.417 e. The molecule has 7 heterocycles. The van der Waals surface area contributed by atoms with Gasteiger partial charge in [0.05, 0.1) is 27.4 Å². The number of aromatic nitrogens is 7. The molecule has 2 amide bonds. The molecule has 2 fully saturated rings. The molecule has 86 heavy (non-hydrogen) atoms. The summed E-state index contributed by atoms with van der Waals surface area (Å²) in [5.41, 5.74) is -20.6. The predicted molar refractivity (Wildman–Crippen MR) is 268 cm³/mol. The minimum absolute atomic E-state index is 0.000788. The molecule has 16 nitrogen and oxygen atoms in total. The number of halogens is 17. The summed E-state index contributed by atoms with van der Waals surface area (Å²) in [4.78, 5) is 59.6. The van der Waals surface area contributed by atoms with Crippen molar-refractivity contribution in [2.24, 2.45) is 0 Å². The van der Waals surface area contributed by atoms with Gasteiger partial charge in [-0.1, -0.05) is 22.4 Å². The Balaban J connectivity index is 0.000000246. The Morgan fingerprint density at radius 2 is 1.16 bits per heavy atom. The van der Waals surface area contributed by atoms with E-state index < -0.39 is 115 Å². The van der Waals surface area contributed by atoms with Crippen LogP contribution < -0.4 is 0 Å². The third kappa shape index (κ3) is 12.9. The molecule has 5 aromatic heterocycles. The van der Waals surface area contributed by atoms with Crippen molar-refractivity contribution < 1.29 is 108 Å². The standard InChI is InChI=1S/C27H26F8N4O4S.C24H22F9N5O3S/c1-13-6-5-9-39(13)23(41)18-19(44-22(37-18)21-36-17(43-38-21)11-24(2,3)42-12-40)15-8-7-14(10-16(15)20(28)29)25(4,26(30,31)32)27(33,34)35;1-10-6-5-7-38(10)18(39)14-15(42-17(35-14)16-36-19(41-37-16)20(2,3)40)11-9-34-13(8-12(11)22(25,26)27)21(4,23(28,29)30)24(31,32)33/h7-8,10,12-13,20H,5-6,9,11H2,1-4H3;8-10,40H,5-7H2,1-4H3/t13-;10-/m00/s1. The van der Waals surface area contributed by atoms with Crippen LogP contribution in [0.5, 0.6) is 0 Å². The fourth-order valence-electron chi connectivity index (χ4n) is 9.08. The second-order valence-corrected chi connectivity index (χ2v) is 23.5. The minimum atomic E-state index is -6.05. The highest BCUT2D eigenvalue weighted by Crippen LogP contribution is 2.55. The Kier molecular flexibility index (Phi) is 18.1. The van der Waals surface area contributed by atoms with E-state index in [1.165, 1.54) is 23.6 Å². The van der Waals surface area contributed by atoms with Crippen LogP contribution in [0, 0.1) is 0 Å². The number of aliphatic hydroxyl groups is 1. The van der Waals surface area contributed by atoms with E-state index >= 15 is 0 Å². The Morgan fingerprint density at radius 1 is 0.686 bits per heavy atom. The zero-order valence-corrected chi connectivity index (χ0v) is 47.4. The normalized spacial score (nSPS) is 16.9. The fraction of sp³-hybridized carbons (Fsp3) is 0.529. The van der Waals surface area contributed by atoms with Gasteiger partial charge < -0.3 is 28.7 Å². The van der Waals surface area contributed by atoms with Crippen molar-refractivity contribution in [2.45, 2.75) is 159 Å². The number of hydrogen-bond acceptors (Lipinski definition) is 16. The summed E-state index contributed by atoms with van der Waals surface area (Å²) in [6.07, 6.45) is -30.2. The lowest BCUT2D eigenvalue weighted by atomic mass is 9.79. The summed E-state index contributed by atoms with van der Waals surface area (Å²) < 4.78 is 251. The molecule has 2 saturated heterocycles. The van der Waals surface area contributed by atoms with Crippen molar-refractivity contribution in [1.29, 1.82) is 0 Å². The molecule has 1 aromatic carbocycles. The molecule has 0 radical (unpaired) electrons. The highest BCUT2D eigenvalue weighted by Gasteiger charge is 2.70. The molecule has 1 N–H and O–H groups in total. The van der Waals surface area contributed by atoms with Gasteiger partial charge in [0.1, 0.15) is 22.6 Å². The van der Waals surface area contributed by atoms with Crippen molar-refractivity contribution in [3.8, 4) is 42.5 Å². The molecule has 0 spiro atoms. The topological polar surface area (TPSA) is 204 Å². The highest BCUT2D eigenvalue weighted by atomic mass is 32.1. The van der Waals surface area contributed by atoms with Crippen LogP contribution in [0.25, 0.3) is 42.5 Å². The van der Waals surface area contributed by atoms with E-state index in [2.05, 4.69) is 35.2 Å².